The Bertz CT molecular complexity index is 1400. The Balaban J connectivity index is 1.73. The Morgan fingerprint density at radius 3 is 2.71 bits per heavy atom. The van der Waals surface area contributed by atoms with Crippen molar-refractivity contribution in [2.24, 2.45) is 7.05 Å². The smallest absolute Gasteiger partial charge is 0.415 e. The summed E-state index contributed by atoms with van der Waals surface area (Å²) in [6, 6.07) is 7.55. The fraction of sp³-hybridized carbons (Fsp3) is 0.375. The molecule has 184 valence electrons. The SMILES string of the molecule is COCC(=O)NCc1cccc(-c2cc3c(nc(N(C)C(=O)OC(C)(C)C)c4ncn(C)c43)[nH]2)n1. The van der Waals surface area contributed by atoms with Crippen LogP contribution in [0.3, 0.4) is 0 Å². The molecule has 4 rings (SSSR count). The van der Waals surface area contributed by atoms with Crippen molar-refractivity contribution >= 4 is 39.9 Å². The predicted octanol–water partition coefficient (Wildman–Crippen LogP) is 3.15. The summed E-state index contributed by atoms with van der Waals surface area (Å²) < 4.78 is 12.2. The number of aromatic nitrogens is 5. The number of ether oxygens (including phenoxy) is 2. The van der Waals surface area contributed by atoms with Crippen molar-refractivity contribution < 1.29 is 19.1 Å². The molecule has 2 amide bonds. The second-order valence-corrected chi connectivity index (χ2v) is 9.20. The van der Waals surface area contributed by atoms with Gasteiger partial charge in [-0.25, -0.2) is 19.7 Å². The highest BCUT2D eigenvalue weighted by Gasteiger charge is 2.25. The summed E-state index contributed by atoms with van der Waals surface area (Å²) in [6.07, 6.45) is 1.17. The van der Waals surface area contributed by atoms with Crippen molar-refractivity contribution in [2.45, 2.75) is 32.9 Å². The van der Waals surface area contributed by atoms with Crippen LogP contribution in [0.15, 0.2) is 30.6 Å². The van der Waals surface area contributed by atoms with Crippen molar-refractivity contribution in [3.63, 3.8) is 0 Å². The van der Waals surface area contributed by atoms with E-state index in [1.165, 1.54) is 12.0 Å². The van der Waals surface area contributed by atoms with Gasteiger partial charge in [-0.2, -0.15) is 0 Å². The van der Waals surface area contributed by atoms with Gasteiger partial charge in [0.2, 0.25) is 5.91 Å². The molecule has 0 aliphatic carbocycles. The number of anilines is 1. The number of imidazole rings is 1. The van der Waals surface area contributed by atoms with Crippen LogP contribution in [0.5, 0.6) is 0 Å². The number of nitrogens with one attached hydrogen (secondary N) is 2. The molecule has 0 aromatic carbocycles. The number of hydrogen-bond donors (Lipinski definition) is 2. The average molecular weight is 480 g/mol. The zero-order valence-electron chi connectivity index (χ0n) is 20.7. The van der Waals surface area contributed by atoms with Gasteiger partial charge in [0.15, 0.2) is 5.82 Å². The highest BCUT2D eigenvalue weighted by atomic mass is 16.6. The third-order valence-electron chi connectivity index (χ3n) is 5.23. The van der Waals surface area contributed by atoms with Gasteiger partial charge in [0.1, 0.15) is 23.4 Å². The van der Waals surface area contributed by atoms with E-state index >= 15 is 0 Å². The molecule has 0 unspecified atom stereocenters. The largest absolute Gasteiger partial charge is 0.443 e. The molecule has 0 radical (unpaired) electrons. The van der Waals surface area contributed by atoms with E-state index in [1.807, 2.05) is 56.7 Å². The van der Waals surface area contributed by atoms with Crippen LogP contribution in [0.25, 0.3) is 33.5 Å². The van der Waals surface area contributed by atoms with Gasteiger partial charge in [0, 0.05) is 26.6 Å². The second-order valence-electron chi connectivity index (χ2n) is 9.20. The molecule has 0 fully saturated rings. The molecular formula is C24H29N7O4. The van der Waals surface area contributed by atoms with Crippen molar-refractivity contribution in [3.05, 3.63) is 36.3 Å². The van der Waals surface area contributed by atoms with Crippen LogP contribution in [-0.2, 0) is 27.9 Å². The van der Waals surface area contributed by atoms with E-state index in [0.29, 0.717) is 28.4 Å². The minimum atomic E-state index is -0.641. The second kappa shape index (κ2) is 9.34. The van der Waals surface area contributed by atoms with E-state index in [2.05, 4.69) is 20.3 Å². The number of hydrogen-bond acceptors (Lipinski definition) is 7. The molecule has 11 heteroatoms. The first-order valence-electron chi connectivity index (χ1n) is 11.1. The van der Waals surface area contributed by atoms with E-state index in [9.17, 15) is 9.59 Å². The zero-order chi connectivity index (χ0) is 25.3. The minimum Gasteiger partial charge on any atom is -0.443 e. The number of nitrogens with zero attached hydrogens (tertiary/aromatic N) is 5. The number of rotatable bonds is 6. The maximum absolute atomic E-state index is 12.7. The predicted molar refractivity (Wildman–Crippen MR) is 132 cm³/mol. The lowest BCUT2D eigenvalue weighted by molar-refractivity contribution is -0.124. The Hall–Kier alpha value is -3.99. The first-order valence-corrected chi connectivity index (χ1v) is 11.1. The van der Waals surface area contributed by atoms with Crippen LogP contribution in [-0.4, -0.2) is 62.9 Å². The van der Waals surface area contributed by atoms with Crippen LogP contribution < -0.4 is 10.2 Å². The number of aromatic amines is 1. The highest BCUT2D eigenvalue weighted by molar-refractivity contribution is 6.09. The molecule has 0 spiro atoms. The van der Waals surface area contributed by atoms with E-state index in [1.54, 1.807) is 13.4 Å². The Morgan fingerprint density at radius 1 is 1.23 bits per heavy atom. The molecular weight excluding hydrogens is 450 g/mol. The number of carbonyl (C=O) groups is 2. The van der Waals surface area contributed by atoms with Gasteiger partial charge in [0.05, 0.1) is 35.5 Å². The molecule has 4 aromatic rings. The van der Waals surface area contributed by atoms with E-state index in [0.717, 1.165) is 16.6 Å². The molecule has 11 nitrogen and oxygen atoms in total. The molecule has 35 heavy (non-hydrogen) atoms. The monoisotopic (exact) mass is 479 g/mol. The zero-order valence-corrected chi connectivity index (χ0v) is 20.7. The van der Waals surface area contributed by atoms with Gasteiger partial charge in [-0.15, -0.1) is 0 Å². The van der Waals surface area contributed by atoms with E-state index in [4.69, 9.17) is 14.5 Å². The Kier molecular flexibility index (Phi) is 6.44. The topological polar surface area (TPSA) is 127 Å². The highest BCUT2D eigenvalue weighted by Crippen LogP contribution is 2.33. The maximum atomic E-state index is 12.7. The molecule has 4 heterocycles. The van der Waals surface area contributed by atoms with Crippen LogP contribution in [0.2, 0.25) is 0 Å². The molecule has 0 aliphatic heterocycles. The number of fused-ring (bicyclic) bond motifs is 3. The average Bonchev–Trinajstić information content (AvgIpc) is 3.39. The van der Waals surface area contributed by atoms with E-state index < -0.39 is 11.7 Å². The van der Waals surface area contributed by atoms with Crippen molar-refractivity contribution in [2.75, 3.05) is 25.7 Å². The summed E-state index contributed by atoms with van der Waals surface area (Å²) in [7, 11) is 4.97. The van der Waals surface area contributed by atoms with Gasteiger partial charge in [-0.3, -0.25) is 9.69 Å². The lowest BCUT2D eigenvalue weighted by atomic mass is 10.2. The van der Waals surface area contributed by atoms with Crippen LogP contribution in [0, 0.1) is 0 Å². The normalized spacial score (nSPS) is 11.7. The Labute approximate surface area is 202 Å². The van der Waals surface area contributed by atoms with Gasteiger partial charge in [-0.05, 0) is 39.0 Å². The quantitative estimate of drug-likeness (QED) is 0.435. The summed E-state index contributed by atoms with van der Waals surface area (Å²) in [5.41, 5.74) is 3.50. The van der Waals surface area contributed by atoms with E-state index in [-0.39, 0.29) is 19.1 Å². The van der Waals surface area contributed by atoms with Crippen molar-refractivity contribution in [1.82, 2.24) is 29.8 Å². The van der Waals surface area contributed by atoms with Crippen LogP contribution in [0.4, 0.5) is 10.6 Å². The van der Waals surface area contributed by atoms with Crippen LogP contribution in [0.1, 0.15) is 26.5 Å². The van der Waals surface area contributed by atoms with Gasteiger partial charge in [-0.1, -0.05) is 6.07 Å². The number of H-pyrrole nitrogens is 1. The molecule has 0 saturated heterocycles. The Morgan fingerprint density at radius 2 is 2.00 bits per heavy atom. The first kappa shape index (κ1) is 24.1. The number of pyridine rings is 2. The third-order valence-corrected chi connectivity index (χ3v) is 5.23. The standard InChI is InChI=1S/C24H29N7O4/c1-24(2,3)35-23(33)31(5)22-19-20(30(4)13-26-19)15-10-17(28-21(15)29-22)16-9-7-8-14(27-16)11-25-18(32)12-34-6/h7-10,13H,11-12H2,1-6H3,(H,25,32)(H,28,29). The molecule has 0 bridgehead atoms. The molecule has 0 saturated carbocycles. The number of carbonyl (C=O) groups excluding carboxylic acids is 2. The van der Waals surface area contributed by atoms with Crippen LogP contribution >= 0.6 is 0 Å². The minimum absolute atomic E-state index is 0.00580. The summed E-state index contributed by atoms with van der Waals surface area (Å²) in [6.45, 7) is 5.72. The lowest BCUT2D eigenvalue weighted by Crippen LogP contribution is -2.34. The summed E-state index contributed by atoms with van der Waals surface area (Å²) in [5, 5.41) is 3.61. The maximum Gasteiger partial charge on any atom is 0.415 e. The summed E-state index contributed by atoms with van der Waals surface area (Å²) in [5.74, 6) is 0.174. The number of amides is 2. The molecule has 2 N–H and O–H groups in total. The summed E-state index contributed by atoms with van der Waals surface area (Å²) in [4.78, 5) is 43.0. The lowest BCUT2D eigenvalue weighted by Gasteiger charge is -2.24. The fourth-order valence-corrected chi connectivity index (χ4v) is 3.67. The van der Waals surface area contributed by atoms with Gasteiger partial charge >= 0.3 is 6.09 Å². The molecule has 0 atom stereocenters. The van der Waals surface area contributed by atoms with Crippen molar-refractivity contribution in [1.29, 1.82) is 0 Å². The molecule has 4 aromatic heterocycles. The summed E-state index contributed by atoms with van der Waals surface area (Å²) >= 11 is 0. The number of aryl methyl sites for hydroxylation is 1. The number of methoxy groups -OCH3 is 1. The molecule has 0 aliphatic rings. The van der Waals surface area contributed by atoms with Gasteiger partial charge in [0.25, 0.3) is 0 Å². The third kappa shape index (κ3) is 5.09. The first-order chi connectivity index (χ1) is 16.6. The fourth-order valence-electron chi connectivity index (χ4n) is 3.67. The van der Waals surface area contributed by atoms with Gasteiger partial charge < -0.3 is 24.3 Å². The van der Waals surface area contributed by atoms with Crippen molar-refractivity contribution in [3.8, 4) is 11.4 Å².